The van der Waals surface area contributed by atoms with E-state index in [0.29, 0.717) is 32.6 Å². The van der Waals surface area contributed by atoms with E-state index in [2.05, 4.69) is 18.0 Å². The summed E-state index contributed by atoms with van der Waals surface area (Å²) in [6.07, 6.45) is 1.40. The lowest BCUT2D eigenvalue weighted by molar-refractivity contribution is -0.144. The van der Waals surface area contributed by atoms with Crippen molar-refractivity contribution in [1.29, 1.82) is 0 Å². The predicted molar refractivity (Wildman–Crippen MR) is 120 cm³/mol. The van der Waals surface area contributed by atoms with Gasteiger partial charge in [-0.2, -0.15) is 0 Å². The maximum absolute atomic E-state index is 14.1. The Morgan fingerprint density at radius 1 is 1.00 bits per heavy atom. The number of carbonyl (C=O) groups is 1. The van der Waals surface area contributed by atoms with E-state index >= 15 is 0 Å². The second kappa shape index (κ2) is 9.28. The number of hydrogen-bond donors (Lipinski definition) is 0. The van der Waals surface area contributed by atoms with Crippen LogP contribution in [0.5, 0.6) is 11.5 Å². The van der Waals surface area contributed by atoms with Crippen molar-refractivity contribution in [3.05, 3.63) is 59.7 Å². The Morgan fingerprint density at radius 3 is 2.39 bits per heavy atom. The Balaban J connectivity index is 1.63. The zero-order chi connectivity index (χ0) is 21.8. The van der Waals surface area contributed by atoms with Crippen LogP contribution < -0.4 is 9.47 Å². The number of benzene rings is 2. The lowest BCUT2D eigenvalue weighted by Gasteiger charge is -2.45. The molecule has 2 aromatic rings. The zero-order valence-corrected chi connectivity index (χ0v) is 18.7. The highest BCUT2D eigenvalue weighted by Crippen LogP contribution is 2.39. The highest BCUT2D eigenvalue weighted by Gasteiger charge is 2.45. The molecule has 166 valence electrons. The minimum atomic E-state index is -0.550. The van der Waals surface area contributed by atoms with Crippen LogP contribution in [0.15, 0.2) is 48.5 Å². The average molecular weight is 425 g/mol. The van der Waals surface area contributed by atoms with E-state index in [9.17, 15) is 4.79 Å². The Bertz CT molecular complexity index is 893. The van der Waals surface area contributed by atoms with Crippen LogP contribution in [0.25, 0.3) is 0 Å². The average Bonchev–Trinajstić information content (AvgIpc) is 2.84. The Hall–Kier alpha value is -2.57. The van der Waals surface area contributed by atoms with Crippen LogP contribution in [-0.4, -0.2) is 69.8 Å². The largest absolute Gasteiger partial charge is 0.497 e. The molecule has 0 saturated carbocycles. The molecule has 2 aliphatic rings. The molecule has 2 aliphatic heterocycles. The topological polar surface area (TPSA) is 51.2 Å². The van der Waals surface area contributed by atoms with Gasteiger partial charge in [0, 0.05) is 38.4 Å². The minimum absolute atomic E-state index is 0.0987. The molecule has 0 aliphatic carbocycles. The van der Waals surface area contributed by atoms with Gasteiger partial charge in [0.2, 0.25) is 5.91 Å². The summed E-state index contributed by atoms with van der Waals surface area (Å²) in [5.41, 5.74) is 1.62. The van der Waals surface area contributed by atoms with Crippen molar-refractivity contribution >= 4 is 5.91 Å². The lowest BCUT2D eigenvalue weighted by atomic mass is 9.72. The number of para-hydroxylation sites is 1. The van der Waals surface area contributed by atoms with Gasteiger partial charge in [-0.05, 0) is 43.7 Å². The summed E-state index contributed by atoms with van der Waals surface area (Å²) in [6.45, 7) is 3.39. The molecule has 2 fully saturated rings. The molecule has 2 saturated heterocycles. The predicted octanol–water partition coefficient (Wildman–Crippen LogP) is 3.27. The number of amides is 1. The van der Waals surface area contributed by atoms with E-state index in [0.717, 1.165) is 35.7 Å². The van der Waals surface area contributed by atoms with Crippen LogP contribution in [0.3, 0.4) is 0 Å². The first-order valence-electron chi connectivity index (χ1n) is 10.9. The fourth-order valence-corrected chi connectivity index (χ4v) is 4.89. The molecule has 1 unspecified atom stereocenters. The minimum Gasteiger partial charge on any atom is -0.497 e. The second-order valence-corrected chi connectivity index (χ2v) is 8.41. The Kier molecular flexibility index (Phi) is 6.49. The quantitative estimate of drug-likeness (QED) is 0.737. The summed E-state index contributed by atoms with van der Waals surface area (Å²) in [6, 6.07) is 16.2. The molecule has 1 amide bonds. The van der Waals surface area contributed by atoms with E-state index < -0.39 is 5.41 Å². The van der Waals surface area contributed by atoms with Gasteiger partial charge in [-0.15, -0.1) is 0 Å². The first-order valence-corrected chi connectivity index (χ1v) is 10.9. The van der Waals surface area contributed by atoms with Crippen molar-refractivity contribution in [3.8, 4) is 11.5 Å². The monoisotopic (exact) mass is 424 g/mol. The SMILES string of the molecule is COc1ccc(C2(C(=O)N3CCN(C)C(c4ccccc4OC)C3)CCOCC2)cc1. The Morgan fingerprint density at radius 2 is 1.71 bits per heavy atom. The van der Waals surface area contributed by atoms with E-state index in [1.54, 1.807) is 14.2 Å². The molecular weight excluding hydrogens is 392 g/mol. The molecule has 0 spiro atoms. The summed E-state index contributed by atoms with van der Waals surface area (Å²) >= 11 is 0. The molecule has 6 nitrogen and oxygen atoms in total. The highest BCUT2D eigenvalue weighted by atomic mass is 16.5. The Labute approximate surface area is 184 Å². The number of likely N-dealkylation sites (N-methyl/N-ethyl adjacent to an activating group) is 1. The molecule has 2 heterocycles. The number of methoxy groups -OCH3 is 2. The smallest absolute Gasteiger partial charge is 0.233 e. The van der Waals surface area contributed by atoms with Gasteiger partial charge in [0.05, 0.1) is 25.7 Å². The number of nitrogens with zero attached hydrogens (tertiary/aromatic N) is 2. The van der Waals surface area contributed by atoms with Gasteiger partial charge < -0.3 is 19.1 Å². The van der Waals surface area contributed by atoms with E-state index in [-0.39, 0.29) is 11.9 Å². The standard InChI is InChI=1S/C25H32N2O4/c1-26-14-15-27(18-22(26)21-6-4-5-7-23(21)30-3)24(28)25(12-16-31-17-13-25)19-8-10-20(29-2)11-9-19/h4-11,22H,12-18H2,1-3H3. The first kappa shape index (κ1) is 21.7. The maximum atomic E-state index is 14.1. The van der Waals surface area contributed by atoms with Crippen LogP contribution in [0.1, 0.15) is 30.0 Å². The number of ether oxygens (including phenoxy) is 3. The van der Waals surface area contributed by atoms with Gasteiger partial charge in [-0.1, -0.05) is 30.3 Å². The molecule has 1 atom stereocenters. The molecule has 0 N–H and O–H groups in total. The van der Waals surface area contributed by atoms with Crippen LogP contribution in [0.2, 0.25) is 0 Å². The van der Waals surface area contributed by atoms with Crippen molar-refractivity contribution < 1.29 is 19.0 Å². The fraction of sp³-hybridized carbons (Fsp3) is 0.480. The van der Waals surface area contributed by atoms with E-state index in [1.807, 2.05) is 47.4 Å². The van der Waals surface area contributed by atoms with Gasteiger partial charge in [-0.25, -0.2) is 0 Å². The zero-order valence-electron chi connectivity index (χ0n) is 18.7. The lowest BCUT2D eigenvalue weighted by Crippen LogP contribution is -2.56. The van der Waals surface area contributed by atoms with E-state index in [1.165, 1.54) is 0 Å². The highest BCUT2D eigenvalue weighted by molar-refractivity contribution is 5.88. The van der Waals surface area contributed by atoms with Gasteiger partial charge in [-0.3, -0.25) is 9.69 Å². The van der Waals surface area contributed by atoms with Crippen molar-refractivity contribution in [2.24, 2.45) is 0 Å². The van der Waals surface area contributed by atoms with Gasteiger partial charge in [0.15, 0.2) is 0 Å². The normalized spacial score (nSPS) is 21.5. The molecule has 4 rings (SSSR count). The summed E-state index contributed by atoms with van der Waals surface area (Å²) in [5.74, 6) is 1.87. The molecular formula is C25H32N2O4. The van der Waals surface area contributed by atoms with Crippen LogP contribution >= 0.6 is 0 Å². The maximum Gasteiger partial charge on any atom is 0.233 e. The van der Waals surface area contributed by atoms with E-state index in [4.69, 9.17) is 14.2 Å². The van der Waals surface area contributed by atoms with Crippen LogP contribution in [-0.2, 0) is 14.9 Å². The second-order valence-electron chi connectivity index (χ2n) is 8.41. The molecule has 31 heavy (non-hydrogen) atoms. The molecule has 6 heteroatoms. The van der Waals surface area contributed by atoms with Crippen molar-refractivity contribution in [2.45, 2.75) is 24.3 Å². The number of carbonyl (C=O) groups excluding carboxylic acids is 1. The van der Waals surface area contributed by atoms with Gasteiger partial charge in [0.1, 0.15) is 11.5 Å². The number of hydrogen-bond acceptors (Lipinski definition) is 5. The summed E-state index contributed by atoms with van der Waals surface area (Å²) in [5, 5.41) is 0. The molecule has 0 radical (unpaired) electrons. The van der Waals surface area contributed by atoms with Crippen LogP contribution in [0, 0.1) is 0 Å². The first-order chi connectivity index (χ1) is 15.1. The van der Waals surface area contributed by atoms with Crippen molar-refractivity contribution in [1.82, 2.24) is 9.80 Å². The third kappa shape index (κ3) is 4.14. The van der Waals surface area contributed by atoms with Crippen LogP contribution in [0.4, 0.5) is 0 Å². The third-order valence-corrected chi connectivity index (χ3v) is 6.83. The van der Waals surface area contributed by atoms with Gasteiger partial charge >= 0.3 is 0 Å². The summed E-state index contributed by atoms with van der Waals surface area (Å²) in [7, 11) is 5.48. The van der Waals surface area contributed by atoms with Crippen molar-refractivity contribution in [3.63, 3.8) is 0 Å². The third-order valence-electron chi connectivity index (χ3n) is 6.83. The number of piperazine rings is 1. The van der Waals surface area contributed by atoms with Gasteiger partial charge in [0.25, 0.3) is 0 Å². The molecule has 0 aromatic heterocycles. The summed E-state index contributed by atoms with van der Waals surface area (Å²) in [4.78, 5) is 18.4. The molecule has 2 aromatic carbocycles. The summed E-state index contributed by atoms with van der Waals surface area (Å²) < 4.78 is 16.6. The van der Waals surface area contributed by atoms with Crippen molar-refractivity contribution in [2.75, 3.05) is 54.1 Å². The number of rotatable bonds is 5. The fourth-order valence-electron chi connectivity index (χ4n) is 4.89. The molecule has 0 bridgehead atoms.